The number of methoxy groups -OCH3 is 1. The van der Waals surface area contributed by atoms with Crippen molar-refractivity contribution >= 4 is 23.2 Å². The number of ether oxygens (including phenoxy) is 1. The third-order valence-corrected chi connectivity index (χ3v) is 6.33. The Balaban J connectivity index is 2.03. The van der Waals surface area contributed by atoms with Gasteiger partial charge in [0.05, 0.1) is 12.1 Å². The predicted molar refractivity (Wildman–Crippen MR) is 131 cm³/mol. The summed E-state index contributed by atoms with van der Waals surface area (Å²) in [6.07, 6.45) is 11.1. The number of aromatic hydroxyl groups is 1. The van der Waals surface area contributed by atoms with Gasteiger partial charge in [0.15, 0.2) is 5.78 Å². The molecule has 9 heteroatoms. The summed E-state index contributed by atoms with van der Waals surface area (Å²) < 4.78 is 9.81. The number of ketones is 1. The van der Waals surface area contributed by atoms with E-state index in [0.717, 1.165) is 29.1 Å². The van der Waals surface area contributed by atoms with Crippen LogP contribution >= 0.6 is 11.3 Å². The molecule has 0 bridgehead atoms. The second-order valence-corrected chi connectivity index (χ2v) is 9.16. The Morgan fingerprint density at radius 2 is 2.15 bits per heavy atom. The van der Waals surface area contributed by atoms with Crippen LogP contribution in [0.4, 0.5) is 4.79 Å². The number of hydrogen-bond donors (Lipinski definition) is 2. The summed E-state index contributed by atoms with van der Waals surface area (Å²) in [6.45, 7) is 5.59. The molecule has 1 atom stereocenters. The van der Waals surface area contributed by atoms with Crippen LogP contribution in [0.15, 0.2) is 45.4 Å². The molecule has 2 aromatic heterocycles. The number of carbonyl (C=O) groups excluding carboxylic acids is 2. The fraction of sp³-hybridized carbons (Fsp3) is 0.440. The highest BCUT2D eigenvalue weighted by Gasteiger charge is 2.22. The highest BCUT2D eigenvalue weighted by atomic mass is 32.1. The number of Topliss-reactive ketones (excluding diaryl/α,β-unsaturated/α-hetero) is 1. The standard InChI is InChI=1S/C25H32N2O6S/c1-5-6-10-21-27-15-18(34-21)12-11-17(3)23(29)22-19(28)14-20(33-24(22)30)16(2)9-7-8-13-26-25(31)32-4/h8,11,13-16,28H,5-7,9-10,12H2,1-4H3,(H,26,31)/b13-8+,17-11-. The number of nitrogens with one attached hydrogen (secondary N) is 1. The Morgan fingerprint density at radius 3 is 2.82 bits per heavy atom. The van der Waals surface area contributed by atoms with Gasteiger partial charge in [-0.05, 0) is 38.2 Å². The lowest BCUT2D eigenvalue weighted by atomic mass is 9.99. The molecule has 0 saturated carbocycles. The average Bonchev–Trinajstić information content (AvgIpc) is 3.27. The van der Waals surface area contributed by atoms with Gasteiger partial charge in [-0.3, -0.25) is 10.1 Å². The molecule has 184 valence electrons. The summed E-state index contributed by atoms with van der Waals surface area (Å²) in [5.41, 5.74) is -0.864. The van der Waals surface area contributed by atoms with Gasteiger partial charge in [0.25, 0.3) is 0 Å². The second-order valence-electron chi connectivity index (χ2n) is 7.96. The molecule has 1 amide bonds. The Bertz CT molecular complexity index is 1100. The minimum Gasteiger partial charge on any atom is -0.507 e. The van der Waals surface area contributed by atoms with E-state index in [4.69, 9.17) is 4.42 Å². The SMILES string of the molecule is CCCCc1ncc(C/C=C(/C)C(=O)c2c(O)cc(C(C)CC/C=C/NC(=O)OC)oc2=O)s1. The Kier molecular flexibility index (Phi) is 10.7. The first kappa shape index (κ1) is 27.0. The van der Waals surface area contributed by atoms with Gasteiger partial charge in [-0.1, -0.05) is 32.4 Å². The lowest BCUT2D eigenvalue weighted by Crippen LogP contribution is -2.17. The van der Waals surface area contributed by atoms with Gasteiger partial charge >= 0.3 is 11.7 Å². The van der Waals surface area contributed by atoms with E-state index in [2.05, 4.69) is 22.0 Å². The molecule has 0 aromatic carbocycles. The Labute approximate surface area is 203 Å². The van der Waals surface area contributed by atoms with E-state index < -0.39 is 23.3 Å². The zero-order valence-corrected chi connectivity index (χ0v) is 20.9. The van der Waals surface area contributed by atoms with E-state index in [1.54, 1.807) is 30.4 Å². The quantitative estimate of drug-likeness (QED) is 0.308. The van der Waals surface area contributed by atoms with Crippen molar-refractivity contribution in [3.05, 3.63) is 67.8 Å². The minimum absolute atomic E-state index is 0.185. The third kappa shape index (κ3) is 7.98. The van der Waals surface area contributed by atoms with Crippen LogP contribution in [-0.2, 0) is 17.6 Å². The fourth-order valence-corrected chi connectivity index (χ4v) is 4.06. The smallest absolute Gasteiger partial charge is 0.410 e. The van der Waals surface area contributed by atoms with Gasteiger partial charge < -0.3 is 14.3 Å². The van der Waals surface area contributed by atoms with Crippen molar-refractivity contribution in [2.24, 2.45) is 0 Å². The first-order valence-corrected chi connectivity index (χ1v) is 12.1. The molecule has 0 aliphatic rings. The van der Waals surface area contributed by atoms with Gasteiger partial charge in [0.2, 0.25) is 0 Å². The number of nitrogens with zero attached hydrogens (tertiary/aromatic N) is 1. The van der Waals surface area contributed by atoms with E-state index >= 15 is 0 Å². The molecule has 34 heavy (non-hydrogen) atoms. The number of amides is 1. The molecule has 0 aliphatic carbocycles. The van der Waals surface area contributed by atoms with Crippen LogP contribution < -0.4 is 10.9 Å². The summed E-state index contributed by atoms with van der Waals surface area (Å²) in [4.78, 5) is 41.8. The third-order valence-electron chi connectivity index (χ3n) is 5.25. The maximum Gasteiger partial charge on any atom is 0.410 e. The number of thiazole rings is 1. The maximum absolute atomic E-state index is 12.8. The largest absolute Gasteiger partial charge is 0.507 e. The van der Waals surface area contributed by atoms with Crippen molar-refractivity contribution in [1.29, 1.82) is 0 Å². The molecule has 0 radical (unpaired) electrons. The summed E-state index contributed by atoms with van der Waals surface area (Å²) in [6, 6.07) is 1.33. The molecule has 2 aromatic rings. The van der Waals surface area contributed by atoms with Gasteiger partial charge in [-0.25, -0.2) is 14.6 Å². The normalized spacial score (nSPS) is 12.6. The molecule has 2 rings (SSSR count). The number of carbonyl (C=O) groups is 2. The number of allylic oxidation sites excluding steroid dienone is 3. The number of unbranched alkanes of at least 4 members (excludes halogenated alkanes) is 1. The van der Waals surface area contributed by atoms with Crippen molar-refractivity contribution in [1.82, 2.24) is 10.3 Å². The number of rotatable bonds is 12. The van der Waals surface area contributed by atoms with E-state index in [1.807, 2.05) is 13.1 Å². The Hall–Kier alpha value is -3.20. The minimum atomic E-state index is -0.859. The molecule has 2 heterocycles. The van der Waals surface area contributed by atoms with Crippen LogP contribution in [0.3, 0.4) is 0 Å². The van der Waals surface area contributed by atoms with Gasteiger partial charge in [-0.2, -0.15) is 0 Å². The summed E-state index contributed by atoms with van der Waals surface area (Å²) in [7, 11) is 1.27. The van der Waals surface area contributed by atoms with Crippen molar-refractivity contribution < 1.29 is 23.8 Å². The maximum atomic E-state index is 12.8. The summed E-state index contributed by atoms with van der Waals surface area (Å²) in [5, 5.41) is 13.9. The average molecular weight is 489 g/mol. The van der Waals surface area contributed by atoms with Crippen molar-refractivity contribution in [3.8, 4) is 5.75 Å². The highest BCUT2D eigenvalue weighted by molar-refractivity contribution is 7.11. The number of aromatic nitrogens is 1. The molecule has 8 nitrogen and oxygen atoms in total. The molecule has 0 spiro atoms. The molecule has 0 saturated heterocycles. The van der Waals surface area contributed by atoms with Crippen LogP contribution in [-0.4, -0.2) is 29.1 Å². The molecule has 0 aliphatic heterocycles. The van der Waals surface area contributed by atoms with E-state index in [9.17, 15) is 19.5 Å². The molecular weight excluding hydrogens is 456 g/mol. The molecule has 0 fully saturated rings. The first-order chi connectivity index (χ1) is 16.3. The van der Waals surface area contributed by atoms with E-state index in [0.29, 0.717) is 30.6 Å². The topological polar surface area (TPSA) is 119 Å². The van der Waals surface area contributed by atoms with E-state index in [-0.39, 0.29) is 11.5 Å². The van der Waals surface area contributed by atoms with Crippen LogP contribution in [0.25, 0.3) is 0 Å². The van der Waals surface area contributed by atoms with Crippen LogP contribution in [0.2, 0.25) is 0 Å². The van der Waals surface area contributed by atoms with Crippen LogP contribution in [0.1, 0.15) is 78.4 Å². The molecule has 1 unspecified atom stereocenters. The van der Waals surface area contributed by atoms with Gasteiger partial charge in [0.1, 0.15) is 17.1 Å². The van der Waals surface area contributed by atoms with Gasteiger partial charge in [-0.15, -0.1) is 11.3 Å². The lowest BCUT2D eigenvalue weighted by molar-refractivity contribution is 0.102. The number of aryl methyl sites for hydroxylation is 1. The zero-order chi connectivity index (χ0) is 25.1. The first-order valence-electron chi connectivity index (χ1n) is 11.3. The van der Waals surface area contributed by atoms with Crippen LogP contribution in [0.5, 0.6) is 5.75 Å². The summed E-state index contributed by atoms with van der Waals surface area (Å²) in [5.74, 6) is -0.842. The van der Waals surface area contributed by atoms with Crippen LogP contribution in [0, 0.1) is 0 Å². The second kappa shape index (κ2) is 13.5. The summed E-state index contributed by atoms with van der Waals surface area (Å²) >= 11 is 1.62. The lowest BCUT2D eigenvalue weighted by Gasteiger charge is -2.11. The highest BCUT2D eigenvalue weighted by Crippen LogP contribution is 2.26. The monoisotopic (exact) mass is 488 g/mol. The predicted octanol–water partition coefficient (Wildman–Crippen LogP) is 5.27. The van der Waals surface area contributed by atoms with Crippen molar-refractivity contribution in [3.63, 3.8) is 0 Å². The van der Waals surface area contributed by atoms with E-state index in [1.165, 1.54) is 19.4 Å². The fourth-order valence-electron chi connectivity index (χ4n) is 3.14. The van der Waals surface area contributed by atoms with Crippen molar-refractivity contribution in [2.75, 3.05) is 7.11 Å². The van der Waals surface area contributed by atoms with Gasteiger partial charge in [0, 0.05) is 35.7 Å². The molecular formula is C25H32N2O6S. The zero-order valence-electron chi connectivity index (χ0n) is 20.1. The number of hydrogen-bond acceptors (Lipinski definition) is 8. The molecule has 2 N–H and O–H groups in total. The van der Waals surface area contributed by atoms with Crippen molar-refractivity contribution in [2.45, 2.75) is 65.2 Å². The number of alkyl carbamates (subject to hydrolysis) is 1. The Morgan fingerprint density at radius 1 is 1.38 bits per heavy atom.